The van der Waals surface area contributed by atoms with Gasteiger partial charge in [-0.3, -0.25) is 9.48 Å². The molecule has 1 saturated carbocycles. The van der Waals surface area contributed by atoms with Crippen LogP contribution in [0.3, 0.4) is 0 Å². The van der Waals surface area contributed by atoms with E-state index < -0.39 is 0 Å². The number of ether oxygens (including phenoxy) is 1. The van der Waals surface area contributed by atoms with E-state index in [9.17, 15) is 4.79 Å². The zero-order valence-corrected chi connectivity index (χ0v) is 18.9. The van der Waals surface area contributed by atoms with Crippen molar-refractivity contribution in [3.05, 3.63) is 52.0 Å². The van der Waals surface area contributed by atoms with Gasteiger partial charge in [0, 0.05) is 49.8 Å². The highest BCUT2D eigenvalue weighted by Crippen LogP contribution is 2.34. The van der Waals surface area contributed by atoms with Gasteiger partial charge >= 0.3 is 0 Å². The summed E-state index contributed by atoms with van der Waals surface area (Å²) >= 11 is 0. The average molecular weight is 436 g/mol. The summed E-state index contributed by atoms with van der Waals surface area (Å²) in [5, 5.41) is 8.95. The van der Waals surface area contributed by atoms with E-state index in [2.05, 4.69) is 14.8 Å². The third-order valence-corrected chi connectivity index (χ3v) is 6.47. The van der Waals surface area contributed by atoms with Gasteiger partial charge in [0.25, 0.3) is 11.8 Å². The van der Waals surface area contributed by atoms with Crippen molar-refractivity contribution in [3.8, 4) is 11.6 Å². The van der Waals surface area contributed by atoms with Crippen molar-refractivity contribution in [3.63, 3.8) is 0 Å². The topological polar surface area (TPSA) is 86.3 Å². The van der Waals surface area contributed by atoms with E-state index in [0.717, 1.165) is 42.3 Å². The van der Waals surface area contributed by atoms with Gasteiger partial charge in [-0.2, -0.15) is 10.1 Å². The quantitative estimate of drug-likeness (QED) is 0.566. The molecule has 5 rings (SSSR count). The Labute approximate surface area is 187 Å². The van der Waals surface area contributed by atoms with Gasteiger partial charge in [-0.1, -0.05) is 11.2 Å². The van der Waals surface area contributed by atoms with Crippen molar-refractivity contribution in [2.24, 2.45) is 5.92 Å². The van der Waals surface area contributed by atoms with Gasteiger partial charge in [-0.05, 0) is 55.9 Å². The molecule has 0 atom stereocenters. The van der Waals surface area contributed by atoms with E-state index in [4.69, 9.17) is 14.4 Å². The lowest BCUT2D eigenvalue weighted by molar-refractivity contribution is 0.0795. The second-order valence-corrected chi connectivity index (χ2v) is 8.99. The van der Waals surface area contributed by atoms with Crippen molar-refractivity contribution in [1.82, 2.24) is 24.8 Å². The predicted octanol–water partition coefficient (Wildman–Crippen LogP) is 3.35. The van der Waals surface area contributed by atoms with Crippen LogP contribution in [0.25, 0.3) is 11.6 Å². The zero-order chi connectivity index (χ0) is 22.2. The number of nitrogens with zero attached hydrogens (tertiary/aromatic N) is 5. The number of carbonyl (C=O) groups excluding carboxylic acids is 1. The summed E-state index contributed by atoms with van der Waals surface area (Å²) in [6.07, 6.45) is 3.93. The standard InChI is InChI=1S/C24H29N5O3/c1-15-4-7-18(12-16(15)2)24(30)28(3)10-8-21-25-23(32-27-21)22-19-14-31-11-9-20(19)29(26-22)13-17-5-6-17/h4,7,12,17H,5-6,8-11,13-14H2,1-3H3. The van der Waals surface area contributed by atoms with Gasteiger partial charge in [0.05, 0.1) is 13.2 Å². The molecule has 2 aliphatic rings. The third kappa shape index (κ3) is 4.19. The molecule has 32 heavy (non-hydrogen) atoms. The second-order valence-electron chi connectivity index (χ2n) is 8.99. The number of likely N-dealkylation sites (N-methyl/N-ethyl adjacent to an activating group) is 1. The highest BCUT2D eigenvalue weighted by molar-refractivity contribution is 5.94. The van der Waals surface area contributed by atoms with Crippen LogP contribution in [0.2, 0.25) is 0 Å². The molecule has 1 fully saturated rings. The maximum absolute atomic E-state index is 12.7. The Morgan fingerprint density at radius 1 is 1.25 bits per heavy atom. The summed E-state index contributed by atoms with van der Waals surface area (Å²) in [6.45, 7) is 6.76. The van der Waals surface area contributed by atoms with E-state index >= 15 is 0 Å². The van der Waals surface area contributed by atoms with E-state index in [-0.39, 0.29) is 5.91 Å². The summed E-state index contributed by atoms with van der Waals surface area (Å²) < 4.78 is 13.4. The SMILES string of the molecule is Cc1ccc(C(=O)N(C)CCc2noc(-c3nn(CC4CC4)c4c3COCC4)n2)cc1C. The van der Waals surface area contributed by atoms with E-state index in [1.54, 1.807) is 11.9 Å². The number of rotatable bonds is 7. The summed E-state index contributed by atoms with van der Waals surface area (Å²) in [4.78, 5) is 19.0. The van der Waals surface area contributed by atoms with Crippen LogP contribution < -0.4 is 0 Å². The normalized spacial score (nSPS) is 15.6. The average Bonchev–Trinajstić information content (AvgIpc) is 3.37. The summed E-state index contributed by atoms with van der Waals surface area (Å²) in [5.41, 5.74) is 6.01. The second kappa shape index (κ2) is 8.50. The molecule has 3 heterocycles. The molecule has 8 heteroatoms. The molecule has 3 aromatic rings. The highest BCUT2D eigenvalue weighted by Gasteiger charge is 2.29. The largest absolute Gasteiger partial charge is 0.376 e. The van der Waals surface area contributed by atoms with E-state index in [0.29, 0.717) is 36.9 Å². The smallest absolute Gasteiger partial charge is 0.278 e. The number of aromatic nitrogens is 4. The van der Waals surface area contributed by atoms with Crippen LogP contribution in [-0.4, -0.2) is 50.9 Å². The Morgan fingerprint density at radius 3 is 2.88 bits per heavy atom. The van der Waals surface area contributed by atoms with Crippen LogP contribution in [0.4, 0.5) is 0 Å². The molecular formula is C24H29N5O3. The van der Waals surface area contributed by atoms with Crippen molar-refractivity contribution < 1.29 is 14.1 Å². The minimum atomic E-state index is -0.0122. The molecule has 1 aliphatic carbocycles. The van der Waals surface area contributed by atoms with Crippen LogP contribution in [0.15, 0.2) is 22.7 Å². The van der Waals surface area contributed by atoms with Crippen LogP contribution in [-0.2, 0) is 30.7 Å². The lowest BCUT2D eigenvalue weighted by Gasteiger charge is -2.16. The first-order chi connectivity index (χ1) is 15.5. The Bertz CT molecular complexity index is 1140. The third-order valence-electron chi connectivity index (χ3n) is 6.47. The molecular weight excluding hydrogens is 406 g/mol. The van der Waals surface area contributed by atoms with Gasteiger partial charge < -0.3 is 14.2 Å². The minimum Gasteiger partial charge on any atom is -0.376 e. The molecule has 1 aliphatic heterocycles. The molecule has 168 valence electrons. The van der Waals surface area contributed by atoms with Crippen LogP contribution >= 0.6 is 0 Å². The van der Waals surface area contributed by atoms with Crippen molar-refractivity contribution >= 4 is 5.91 Å². The molecule has 0 radical (unpaired) electrons. The molecule has 0 N–H and O–H groups in total. The zero-order valence-electron chi connectivity index (χ0n) is 18.9. The molecule has 2 aromatic heterocycles. The summed E-state index contributed by atoms with van der Waals surface area (Å²) in [7, 11) is 1.80. The predicted molar refractivity (Wildman–Crippen MR) is 118 cm³/mol. The van der Waals surface area contributed by atoms with Crippen molar-refractivity contribution in [1.29, 1.82) is 0 Å². The fourth-order valence-electron chi connectivity index (χ4n) is 4.09. The Morgan fingerprint density at radius 2 is 2.09 bits per heavy atom. The lowest BCUT2D eigenvalue weighted by Crippen LogP contribution is -2.29. The number of fused-ring (bicyclic) bond motifs is 1. The fraction of sp³-hybridized carbons (Fsp3) is 0.500. The first-order valence-corrected chi connectivity index (χ1v) is 11.3. The van der Waals surface area contributed by atoms with Crippen LogP contribution in [0, 0.1) is 19.8 Å². The number of hydrogen-bond acceptors (Lipinski definition) is 6. The monoisotopic (exact) mass is 435 g/mol. The first-order valence-electron chi connectivity index (χ1n) is 11.3. The van der Waals surface area contributed by atoms with Gasteiger partial charge in [0.1, 0.15) is 0 Å². The summed E-state index contributed by atoms with van der Waals surface area (Å²) in [6, 6.07) is 5.79. The number of aryl methyl sites for hydroxylation is 2. The Balaban J connectivity index is 1.27. The molecule has 1 amide bonds. The van der Waals surface area contributed by atoms with Crippen molar-refractivity contribution in [2.45, 2.75) is 52.7 Å². The molecule has 0 unspecified atom stereocenters. The van der Waals surface area contributed by atoms with E-state index in [1.807, 2.05) is 32.0 Å². The first kappa shape index (κ1) is 20.9. The molecule has 0 spiro atoms. The summed E-state index contributed by atoms with van der Waals surface area (Å²) in [5.74, 6) is 1.72. The number of benzene rings is 1. The highest BCUT2D eigenvalue weighted by atomic mass is 16.5. The minimum absolute atomic E-state index is 0.0122. The Kier molecular flexibility index (Phi) is 5.55. The van der Waals surface area contributed by atoms with Crippen LogP contribution in [0.5, 0.6) is 0 Å². The maximum atomic E-state index is 12.7. The fourth-order valence-corrected chi connectivity index (χ4v) is 4.09. The number of carbonyl (C=O) groups is 1. The van der Waals surface area contributed by atoms with Crippen molar-refractivity contribution in [2.75, 3.05) is 20.2 Å². The van der Waals surface area contributed by atoms with Gasteiger partial charge in [0.2, 0.25) is 0 Å². The lowest BCUT2D eigenvalue weighted by atomic mass is 10.1. The molecule has 0 saturated heterocycles. The number of hydrogen-bond donors (Lipinski definition) is 0. The van der Waals surface area contributed by atoms with Gasteiger partial charge in [-0.15, -0.1) is 0 Å². The Hall–Kier alpha value is -3.00. The van der Waals surface area contributed by atoms with Gasteiger partial charge in [0.15, 0.2) is 11.5 Å². The molecule has 0 bridgehead atoms. The van der Waals surface area contributed by atoms with Gasteiger partial charge in [-0.25, -0.2) is 0 Å². The molecule has 1 aromatic carbocycles. The van der Waals surface area contributed by atoms with E-state index in [1.165, 1.54) is 24.1 Å². The number of amides is 1. The maximum Gasteiger partial charge on any atom is 0.278 e. The van der Waals surface area contributed by atoms with Crippen LogP contribution in [0.1, 0.15) is 51.4 Å². The molecule has 8 nitrogen and oxygen atoms in total.